The zero-order chi connectivity index (χ0) is 13.5. The predicted molar refractivity (Wildman–Crippen MR) is 76.3 cm³/mol. The Balaban J connectivity index is 2.68. The Kier molecular flexibility index (Phi) is 6.36. The fraction of sp³-hybridized carbons (Fsp3) is 0.643. The molecule has 1 aromatic rings. The number of hydrogen-bond donors (Lipinski definition) is 2. The van der Waals surface area contributed by atoms with Gasteiger partial charge in [0.25, 0.3) is 5.91 Å². The number of carbonyl (C=O) groups is 1. The van der Waals surface area contributed by atoms with Gasteiger partial charge in [-0.3, -0.25) is 4.79 Å². The lowest BCUT2D eigenvalue weighted by Gasteiger charge is -2.08. The van der Waals surface area contributed by atoms with Crippen LogP contribution in [0.4, 0.5) is 0 Å². The van der Waals surface area contributed by atoms with Gasteiger partial charge >= 0.3 is 0 Å². The molecule has 4 heteroatoms. The first-order valence-corrected chi connectivity index (χ1v) is 7.51. The van der Waals surface area contributed by atoms with Gasteiger partial charge in [0, 0.05) is 11.4 Å². The Morgan fingerprint density at radius 3 is 2.72 bits per heavy atom. The van der Waals surface area contributed by atoms with E-state index < -0.39 is 6.10 Å². The molecule has 2 N–H and O–H groups in total. The molecule has 0 aliphatic rings. The van der Waals surface area contributed by atoms with Crippen LogP contribution < -0.4 is 5.32 Å². The fourth-order valence-electron chi connectivity index (χ4n) is 1.76. The highest BCUT2D eigenvalue weighted by Gasteiger charge is 2.13. The van der Waals surface area contributed by atoms with E-state index >= 15 is 0 Å². The number of thiophene rings is 1. The molecule has 0 aliphatic heterocycles. The number of aliphatic hydroxyl groups excluding tert-OH is 1. The number of rotatable bonds is 7. The zero-order valence-corrected chi connectivity index (χ0v) is 12.3. The zero-order valence-electron chi connectivity index (χ0n) is 11.5. The van der Waals surface area contributed by atoms with Gasteiger partial charge in [0.1, 0.15) is 0 Å². The molecule has 18 heavy (non-hydrogen) atoms. The molecule has 1 unspecified atom stereocenters. The van der Waals surface area contributed by atoms with Crippen molar-refractivity contribution in [1.82, 2.24) is 5.32 Å². The molecule has 1 aromatic heterocycles. The lowest BCUT2D eigenvalue weighted by atomic mass is 10.1. The molecule has 0 fully saturated rings. The highest BCUT2D eigenvalue weighted by Crippen LogP contribution is 2.24. The number of amides is 1. The third kappa shape index (κ3) is 4.10. The van der Waals surface area contributed by atoms with Gasteiger partial charge in [0.05, 0.1) is 11.0 Å². The minimum absolute atomic E-state index is 0.0652. The van der Waals surface area contributed by atoms with Crippen molar-refractivity contribution >= 4 is 17.2 Å². The molecule has 1 amide bonds. The summed E-state index contributed by atoms with van der Waals surface area (Å²) in [6.45, 7) is 6.49. The standard InChI is InChI=1S/C14H23NO2S/c1-4-7-12-10(5-2)8-13(18-12)14(17)15-9-11(16)6-3/h8,11,16H,4-7,9H2,1-3H3,(H,15,17). The molecule has 102 valence electrons. The van der Waals surface area contributed by atoms with E-state index in [-0.39, 0.29) is 5.91 Å². The summed E-state index contributed by atoms with van der Waals surface area (Å²) in [5.41, 5.74) is 1.28. The molecule has 0 saturated carbocycles. The van der Waals surface area contributed by atoms with Crippen LogP contribution in [0.3, 0.4) is 0 Å². The lowest BCUT2D eigenvalue weighted by molar-refractivity contribution is 0.0918. The van der Waals surface area contributed by atoms with Gasteiger partial charge in [-0.2, -0.15) is 0 Å². The third-order valence-electron chi connectivity index (χ3n) is 2.95. The summed E-state index contributed by atoms with van der Waals surface area (Å²) < 4.78 is 0. The number of carbonyl (C=O) groups excluding carboxylic acids is 1. The minimum Gasteiger partial charge on any atom is -0.391 e. The van der Waals surface area contributed by atoms with E-state index in [1.807, 2.05) is 13.0 Å². The van der Waals surface area contributed by atoms with Crippen molar-refractivity contribution in [3.8, 4) is 0 Å². The predicted octanol–water partition coefficient (Wildman–Crippen LogP) is 2.76. The largest absolute Gasteiger partial charge is 0.391 e. The maximum absolute atomic E-state index is 11.9. The average Bonchev–Trinajstić information content (AvgIpc) is 2.79. The molecular formula is C14H23NO2S. The van der Waals surface area contributed by atoms with Gasteiger partial charge in [0.2, 0.25) is 0 Å². The van der Waals surface area contributed by atoms with Crippen molar-refractivity contribution in [3.05, 3.63) is 21.4 Å². The Hall–Kier alpha value is -0.870. The summed E-state index contributed by atoms with van der Waals surface area (Å²) in [5, 5.41) is 12.2. The second-order valence-electron chi connectivity index (χ2n) is 4.43. The Labute approximate surface area is 113 Å². The molecule has 1 atom stereocenters. The second-order valence-corrected chi connectivity index (χ2v) is 5.57. The highest BCUT2D eigenvalue weighted by atomic mass is 32.1. The number of aliphatic hydroxyl groups is 1. The van der Waals surface area contributed by atoms with E-state index in [0.29, 0.717) is 13.0 Å². The summed E-state index contributed by atoms with van der Waals surface area (Å²) >= 11 is 1.58. The maximum atomic E-state index is 11.9. The van der Waals surface area contributed by atoms with Crippen molar-refractivity contribution < 1.29 is 9.90 Å². The number of hydrogen-bond acceptors (Lipinski definition) is 3. The van der Waals surface area contributed by atoms with Crippen LogP contribution in [0.1, 0.15) is 53.7 Å². The van der Waals surface area contributed by atoms with Crippen LogP contribution in [-0.2, 0) is 12.8 Å². The Bertz CT molecular complexity index is 387. The summed E-state index contributed by atoms with van der Waals surface area (Å²) in [6, 6.07) is 1.99. The van der Waals surface area contributed by atoms with Crippen molar-refractivity contribution in [1.29, 1.82) is 0 Å². The van der Waals surface area contributed by atoms with Gasteiger partial charge in [0.15, 0.2) is 0 Å². The summed E-state index contributed by atoms with van der Waals surface area (Å²) in [6.07, 6.45) is 3.32. The molecule has 1 heterocycles. The second kappa shape index (κ2) is 7.54. The molecular weight excluding hydrogens is 246 g/mol. The molecule has 0 radical (unpaired) electrons. The molecule has 0 aliphatic carbocycles. The lowest BCUT2D eigenvalue weighted by Crippen LogP contribution is -2.31. The molecule has 0 spiro atoms. The first kappa shape index (κ1) is 15.2. The van der Waals surface area contributed by atoms with Crippen LogP contribution in [0.2, 0.25) is 0 Å². The Morgan fingerprint density at radius 1 is 1.44 bits per heavy atom. The summed E-state index contributed by atoms with van der Waals surface area (Å²) in [5.74, 6) is -0.0652. The molecule has 1 rings (SSSR count). The van der Waals surface area contributed by atoms with Crippen LogP contribution in [0, 0.1) is 0 Å². The van der Waals surface area contributed by atoms with Crippen molar-refractivity contribution in [3.63, 3.8) is 0 Å². The highest BCUT2D eigenvalue weighted by molar-refractivity contribution is 7.14. The topological polar surface area (TPSA) is 49.3 Å². The van der Waals surface area contributed by atoms with Crippen LogP contribution in [0.25, 0.3) is 0 Å². The van der Waals surface area contributed by atoms with Crippen molar-refractivity contribution in [2.24, 2.45) is 0 Å². The van der Waals surface area contributed by atoms with E-state index in [1.165, 1.54) is 10.4 Å². The van der Waals surface area contributed by atoms with Crippen LogP contribution in [0.5, 0.6) is 0 Å². The number of nitrogens with one attached hydrogen (secondary N) is 1. The van der Waals surface area contributed by atoms with Gasteiger partial charge in [-0.25, -0.2) is 0 Å². The van der Waals surface area contributed by atoms with E-state index in [2.05, 4.69) is 19.2 Å². The van der Waals surface area contributed by atoms with Gasteiger partial charge in [-0.15, -0.1) is 11.3 Å². The fourth-order valence-corrected chi connectivity index (χ4v) is 3.03. The van der Waals surface area contributed by atoms with E-state index in [1.54, 1.807) is 11.3 Å². The summed E-state index contributed by atoms with van der Waals surface area (Å²) in [4.78, 5) is 14.0. The normalized spacial score (nSPS) is 12.4. The first-order valence-electron chi connectivity index (χ1n) is 6.70. The van der Waals surface area contributed by atoms with Gasteiger partial charge in [-0.1, -0.05) is 27.2 Å². The monoisotopic (exact) mass is 269 g/mol. The molecule has 3 nitrogen and oxygen atoms in total. The van der Waals surface area contributed by atoms with Crippen molar-refractivity contribution in [2.75, 3.05) is 6.54 Å². The van der Waals surface area contributed by atoms with Crippen LogP contribution in [-0.4, -0.2) is 23.7 Å². The van der Waals surface area contributed by atoms with E-state index in [4.69, 9.17) is 0 Å². The van der Waals surface area contributed by atoms with Gasteiger partial charge in [-0.05, 0) is 30.9 Å². The van der Waals surface area contributed by atoms with Crippen LogP contribution in [0.15, 0.2) is 6.07 Å². The third-order valence-corrected chi connectivity index (χ3v) is 4.18. The maximum Gasteiger partial charge on any atom is 0.261 e. The van der Waals surface area contributed by atoms with E-state index in [0.717, 1.165) is 24.1 Å². The van der Waals surface area contributed by atoms with Crippen molar-refractivity contribution in [2.45, 2.75) is 52.6 Å². The summed E-state index contributed by atoms with van der Waals surface area (Å²) in [7, 11) is 0. The Morgan fingerprint density at radius 2 is 2.17 bits per heavy atom. The quantitative estimate of drug-likeness (QED) is 0.799. The minimum atomic E-state index is -0.449. The first-order chi connectivity index (χ1) is 8.62. The molecule has 0 aromatic carbocycles. The molecule has 0 saturated heterocycles. The van der Waals surface area contributed by atoms with Crippen LogP contribution >= 0.6 is 11.3 Å². The average molecular weight is 269 g/mol. The van der Waals surface area contributed by atoms with E-state index in [9.17, 15) is 9.90 Å². The number of aryl methyl sites for hydroxylation is 2. The SMILES string of the molecule is CCCc1sc(C(=O)NCC(O)CC)cc1CC. The smallest absolute Gasteiger partial charge is 0.261 e. The van der Waals surface area contributed by atoms with Gasteiger partial charge < -0.3 is 10.4 Å². The molecule has 0 bridgehead atoms.